The molecular weight excluding hydrogens is 370 g/mol. The number of likely N-dealkylation sites (tertiary alicyclic amines) is 1. The summed E-state index contributed by atoms with van der Waals surface area (Å²) < 4.78 is 5.47. The van der Waals surface area contributed by atoms with Crippen molar-refractivity contribution in [3.8, 4) is 17.0 Å². The van der Waals surface area contributed by atoms with Gasteiger partial charge in [-0.15, -0.1) is 11.3 Å². The Hall–Kier alpha value is -1.92. The minimum absolute atomic E-state index is 0.193. The van der Waals surface area contributed by atoms with Crippen LogP contribution in [0.1, 0.15) is 49.5 Å². The Balaban J connectivity index is 1.30. The van der Waals surface area contributed by atoms with Crippen LogP contribution in [-0.4, -0.2) is 48.6 Å². The Bertz CT molecular complexity index is 793. The monoisotopic (exact) mass is 399 g/mol. The molecule has 0 bridgehead atoms. The van der Waals surface area contributed by atoms with Crippen molar-refractivity contribution >= 4 is 17.2 Å². The first-order chi connectivity index (χ1) is 13.7. The van der Waals surface area contributed by atoms with Gasteiger partial charge in [-0.1, -0.05) is 25.0 Å². The molecule has 1 aromatic carbocycles. The molecule has 1 saturated carbocycles. The van der Waals surface area contributed by atoms with E-state index in [1.54, 1.807) is 18.4 Å². The maximum atomic E-state index is 12.3. The van der Waals surface area contributed by atoms with Crippen LogP contribution in [0, 0.1) is 0 Å². The number of nitrogens with zero attached hydrogens (tertiary/aromatic N) is 2. The fourth-order valence-electron chi connectivity index (χ4n) is 4.34. The van der Waals surface area contributed by atoms with Crippen molar-refractivity contribution in [2.45, 2.75) is 50.5 Å². The fourth-order valence-corrected chi connectivity index (χ4v) is 5.33. The number of hydrogen-bond donors (Lipinski definition) is 1. The van der Waals surface area contributed by atoms with E-state index in [0.29, 0.717) is 18.5 Å². The van der Waals surface area contributed by atoms with Gasteiger partial charge in [0, 0.05) is 22.9 Å². The molecule has 2 heterocycles. The number of aromatic nitrogens is 1. The molecule has 2 aromatic rings. The summed E-state index contributed by atoms with van der Waals surface area (Å²) in [5.74, 6) is 1.54. The summed E-state index contributed by atoms with van der Waals surface area (Å²) in [5, 5.41) is 6.54. The van der Waals surface area contributed by atoms with E-state index >= 15 is 0 Å². The molecule has 1 aromatic heterocycles. The largest absolute Gasteiger partial charge is 0.496 e. The van der Waals surface area contributed by atoms with Crippen molar-refractivity contribution in [3.63, 3.8) is 0 Å². The third-order valence-electron chi connectivity index (χ3n) is 5.93. The second-order valence-corrected chi connectivity index (χ2v) is 8.76. The predicted molar refractivity (Wildman–Crippen MR) is 113 cm³/mol. The van der Waals surface area contributed by atoms with Gasteiger partial charge in [0.05, 0.1) is 24.4 Å². The van der Waals surface area contributed by atoms with Crippen LogP contribution in [0.5, 0.6) is 5.75 Å². The maximum Gasteiger partial charge on any atom is 0.234 e. The molecule has 0 unspecified atom stereocenters. The minimum Gasteiger partial charge on any atom is -0.496 e. The lowest BCUT2D eigenvalue weighted by molar-refractivity contribution is -0.123. The zero-order valence-corrected chi connectivity index (χ0v) is 17.3. The van der Waals surface area contributed by atoms with Gasteiger partial charge < -0.3 is 10.1 Å². The third kappa shape index (κ3) is 4.55. The molecule has 1 saturated heterocycles. The standard InChI is InChI=1S/C22H29N3O2S/c1-27-20-9-5-4-8-18(20)19-15-28-22(24-19)16-10-12-25(13-11-16)14-21(26)23-17-6-2-3-7-17/h4-5,8-9,15-17H,2-3,6-7,10-14H2,1H3,(H,23,26). The Kier molecular flexibility index (Phi) is 6.27. The first kappa shape index (κ1) is 19.4. The van der Waals surface area contributed by atoms with E-state index in [1.165, 1.54) is 17.8 Å². The molecule has 0 spiro atoms. The van der Waals surface area contributed by atoms with Gasteiger partial charge >= 0.3 is 0 Å². The summed E-state index contributed by atoms with van der Waals surface area (Å²) in [7, 11) is 1.70. The highest BCUT2D eigenvalue weighted by Crippen LogP contribution is 2.35. The number of ether oxygens (including phenoxy) is 1. The number of nitrogens with one attached hydrogen (secondary N) is 1. The second-order valence-electron chi connectivity index (χ2n) is 7.87. The molecule has 1 aliphatic carbocycles. The van der Waals surface area contributed by atoms with Crippen LogP contribution >= 0.6 is 11.3 Å². The van der Waals surface area contributed by atoms with Crippen LogP contribution in [0.2, 0.25) is 0 Å². The average Bonchev–Trinajstić information content (AvgIpc) is 3.40. The molecule has 0 radical (unpaired) electrons. The van der Waals surface area contributed by atoms with Crippen LogP contribution in [0.15, 0.2) is 29.6 Å². The van der Waals surface area contributed by atoms with Gasteiger partial charge in [0.2, 0.25) is 5.91 Å². The summed E-state index contributed by atoms with van der Waals surface area (Å²) in [6, 6.07) is 8.45. The van der Waals surface area contributed by atoms with E-state index in [2.05, 4.69) is 21.7 Å². The maximum absolute atomic E-state index is 12.3. The van der Waals surface area contributed by atoms with Gasteiger partial charge in [-0.3, -0.25) is 9.69 Å². The van der Waals surface area contributed by atoms with Crippen molar-refractivity contribution < 1.29 is 9.53 Å². The van der Waals surface area contributed by atoms with Gasteiger partial charge in [-0.05, 0) is 50.9 Å². The van der Waals surface area contributed by atoms with E-state index in [4.69, 9.17) is 9.72 Å². The second kappa shape index (κ2) is 9.05. The molecule has 5 nitrogen and oxygen atoms in total. The first-order valence-electron chi connectivity index (χ1n) is 10.3. The molecule has 28 heavy (non-hydrogen) atoms. The van der Waals surface area contributed by atoms with Gasteiger partial charge in [-0.2, -0.15) is 0 Å². The number of hydrogen-bond acceptors (Lipinski definition) is 5. The van der Waals surface area contributed by atoms with E-state index in [0.717, 1.165) is 55.8 Å². The number of thiazole rings is 1. The van der Waals surface area contributed by atoms with Crippen molar-refractivity contribution in [2.75, 3.05) is 26.7 Å². The molecule has 6 heteroatoms. The number of carbonyl (C=O) groups excluding carboxylic acids is 1. The molecule has 2 fully saturated rings. The van der Waals surface area contributed by atoms with Crippen LogP contribution in [-0.2, 0) is 4.79 Å². The summed E-state index contributed by atoms with van der Waals surface area (Å²) >= 11 is 1.74. The lowest BCUT2D eigenvalue weighted by Crippen LogP contribution is -2.43. The number of rotatable bonds is 6. The number of piperidine rings is 1. The van der Waals surface area contributed by atoms with Crippen molar-refractivity contribution in [2.24, 2.45) is 0 Å². The molecule has 1 N–H and O–H groups in total. The summed E-state index contributed by atoms with van der Waals surface area (Å²) in [5.41, 5.74) is 2.05. The SMILES string of the molecule is COc1ccccc1-c1csc(C2CCN(CC(=O)NC3CCCC3)CC2)n1. The van der Waals surface area contributed by atoms with Crippen LogP contribution < -0.4 is 10.1 Å². The molecule has 150 valence electrons. The quantitative estimate of drug-likeness (QED) is 0.796. The van der Waals surface area contributed by atoms with Crippen LogP contribution in [0.4, 0.5) is 0 Å². The average molecular weight is 400 g/mol. The molecular formula is C22H29N3O2S. The summed E-state index contributed by atoms with van der Waals surface area (Å²) in [6.07, 6.45) is 6.92. The fraction of sp³-hybridized carbons (Fsp3) is 0.545. The highest BCUT2D eigenvalue weighted by atomic mass is 32.1. The van der Waals surface area contributed by atoms with Crippen molar-refractivity contribution in [1.82, 2.24) is 15.2 Å². The normalized spacial score (nSPS) is 19.0. The lowest BCUT2D eigenvalue weighted by Gasteiger charge is -2.30. The Morgan fingerprint density at radius 1 is 1.21 bits per heavy atom. The zero-order chi connectivity index (χ0) is 19.3. The van der Waals surface area contributed by atoms with E-state index in [1.807, 2.05) is 18.2 Å². The molecule has 1 aliphatic heterocycles. The van der Waals surface area contributed by atoms with Gasteiger partial charge in [-0.25, -0.2) is 4.98 Å². The predicted octanol–water partition coefficient (Wildman–Crippen LogP) is 4.06. The summed E-state index contributed by atoms with van der Waals surface area (Å²) in [6.45, 7) is 2.46. The van der Waals surface area contributed by atoms with Crippen LogP contribution in [0.25, 0.3) is 11.3 Å². The van der Waals surface area contributed by atoms with Crippen LogP contribution in [0.3, 0.4) is 0 Å². The molecule has 4 rings (SSSR count). The number of carbonyl (C=O) groups is 1. The smallest absolute Gasteiger partial charge is 0.234 e. The van der Waals surface area contributed by atoms with Crippen molar-refractivity contribution in [3.05, 3.63) is 34.7 Å². The highest BCUT2D eigenvalue weighted by molar-refractivity contribution is 7.10. The zero-order valence-electron chi connectivity index (χ0n) is 16.5. The topological polar surface area (TPSA) is 54.5 Å². The highest BCUT2D eigenvalue weighted by Gasteiger charge is 2.25. The number of para-hydroxylation sites is 1. The van der Waals surface area contributed by atoms with E-state index in [-0.39, 0.29) is 5.91 Å². The Morgan fingerprint density at radius 3 is 2.71 bits per heavy atom. The van der Waals surface area contributed by atoms with E-state index < -0.39 is 0 Å². The Morgan fingerprint density at radius 2 is 1.96 bits per heavy atom. The number of amides is 1. The van der Waals surface area contributed by atoms with Gasteiger partial charge in [0.25, 0.3) is 0 Å². The Labute approximate surface area is 171 Å². The third-order valence-corrected chi connectivity index (χ3v) is 6.94. The van der Waals surface area contributed by atoms with Gasteiger partial charge in [0.15, 0.2) is 0 Å². The molecule has 2 aliphatic rings. The van der Waals surface area contributed by atoms with Crippen molar-refractivity contribution in [1.29, 1.82) is 0 Å². The number of methoxy groups -OCH3 is 1. The van der Waals surface area contributed by atoms with E-state index in [9.17, 15) is 4.79 Å². The molecule has 0 atom stereocenters. The summed E-state index contributed by atoms with van der Waals surface area (Å²) in [4.78, 5) is 19.5. The van der Waals surface area contributed by atoms with Gasteiger partial charge in [0.1, 0.15) is 5.75 Å². The lowest BCUT2D eigenvalue weighted by atomic mass is 9.97. The number of benzene rings is 1. The molecule has 1 amide bonds. The first-order valence-corrected chi connectivity index (χ1v) is 11.2. The minimum atomic E-state index is 0.193.